The molecular weight excluding hydrogens is 256 g/mol. The van der Waals surface area contributed by atoms with Crippen molar-refractivity contribution in [2.24, 2.45) is 0 Å². The molecule has 0 radical (unpaired) electrons. The third-order valence-electron chi connectivity index (χ3n) is 3.21. The van der Waals surface area contributed by atoms with Gasteiger partial charge in [0.1, 0.15) is 0 Å². The second kappa shape index (κ2) is 7.26. The molecule has 1 aliphatic rings. The monoisotopic (exact) mass is 276 g/mol. The number of nitrogen functional groups attached to an aromatic ring is 1. The van der Waals surface area contributed by atoms with Gasteiger partial charge in [-0.05, 0) is 37.3 Å². The van der Waals surface area contributed by atoms with Crippen LogP contribution >= 0.6 is 0 Å². The molecule has 0 fully saturated rings. The van der Waals surface area contributed by atoms with Crippen molar-refractivity contribution in [1.82, 2.24) is 4.98 Å². The minimum atomic E-state index is 0. The maximum atomic E-state index is 6.20. The first-order valence-corrected chi connectivity index (χ1v) is 5.52. The van der Waals surface area contributed by atoms with Gasteiger partial charge in [0, 0.05) is 16.8 Å². The molecule has 0 atom stereocenters. The summed E-state index contributed by atoms with van der Waals surface area (Å²) in [4.78, 5) is 4.70. The molecule has 6 N–H and O–H groups in total. The van der Waals surface area contributed by atoms with Crippen LogP contribution in [0, 0.1) is 0 Å². The van der Waals surface area contributed by atoms with Crippen LogP contribution in [0.3, 0.4) is 0 Å². The molecule has 0 spiro atoms. The van der Waals surface area contributed by atoms with Crippen LogP contribution in [0.1, 0.15) is 24.1 Å². The van der Waals surface area contributed by atoms with Crippen LogP contribution in [0.2, 0.25) is 0 Å². The quantitative estimate of drug-likeness (QED) is 0.691. The van der Waals surface area contributed by atoms with E-state index in [2.05, 4.69) is 6.07 Å². The number of pyridine rings is 1. The van der Waals surface area contributed by atoms with E-state index in [1.54, 1.807) is 0 Å². The van der Waals surface area contributed by atoms with Gasteiger partial charge in [-0.1, -0.05) is 18.2 Å². The van der Waals surface area contributed by atoms with E-state index in [-0.39, 0.29) is 48.7 Å². The summed E-state index contributed by atoms with van der Waals surface area (Å²) in [5.41, 5.74) is 10.7. The average Bonchev–Trinajstić information content (AvgIpc) is 2.30. The first kappa shape index (κ1) is 17.6. The molecule has 96 valence electrons. The van der Waals surface area contributed by atoms with Gasteiger partial charge in [-0.2, -0.15) is 0 Å². The third-order valence-corrected chi connectivity index (χ3v) is 3.21. The molecule has 2 aromatic rings. The summed E-state index contributed by atoms with van der Waals surface area (Å²) in [6.45, 7) is 0. The number of para-hydroxylation sites is 1. The zero-order valence-corrected chi connectivity index (χ0v) is 9.66. The molecule has 1 heterocycles. The van der Waals surface area contributed by atoms with Crippen molar-refractivity contribution in [3.63, 3.8) is 0 Å². The van der Waals surface area contributed by atoms with Gasteiger partial charge in [-0.25, -0.2) is 0 Å². The van der Waals surface area contributed by atoms with Gasteiger partial charge in [0.15, 0.2) is 0 Å². The summed E-state index contributed by atoms with van der Waals surface area (Å²) in [5.74, 6) is 0. The van der Waals surface area contributed by atoms with E-state index in [0.29, 0.717) is 0 Å². The summed E-state index contributed by atoms with van der Waals surface area (Å²) in [6.07, 6.45) is 4.68. The summed E-state index contributed by atoms with van der Waals surface area (Å²) >= 11 is 0. The molecule has 0 saturated heterocycles. The van der Waals surface area contributed by atoms with E-state index in [1.807, 2.05) is 18.2 Å². The molecule has 0 unspecified atom stereocenters. The van der Waals surface area contributed by atoms with E-state index in [0.717, 1.165) is 29.4 Å². The second-order valence-corrected chi connectivity index (χ2v) is 4.17. The number of nitrogens with zero attached hydrogens (tertiary/aromatic N) is 1. The molecular formula is C13H20CaN2O2. The Hall–Kier alpha value is -0.390. The maximum absolute atomic E-state index is 6.20. The van der Waals surface area contributed by atoms with Gasteiger partial charge in [-0.3, -0.25) is 4.98 Å². The average molecular weight is 276 g/mol. The van der Waals surface area contributed by atoms with Crippen LogP contribution in [0.5, 0.6) is 0 Å². The predicted molar refractivity (Wildman–Crippen MR) is 78.6 cm³/mol. The Morgan fingerprint density at radius 2 is 1.67 bits per heavy atom. The number of nitrogens with two attached hydrogens (primary N) is 1. The number of aryl methyl sites for hydroxylation is 1. The molecule has 1 aromatic carbocycles. The molecule has 1 aliphatic carbocycles. The first-order chi connectivity index (χ1) is 7.36. The number of rotatable bonds is 0. The summed E-state index contributed by atoms with van der Waals surface area (Å²) in [7, 11) is 0. The number of hydrogen-bond acceptors (Lipinski definition) is 2. The summed E-state index contributed by atoms with van der Waals surface area (Å²) in [6, 6.07) is 8.15. The number of aromatic nitrogens is 1. The molecule has 0 saturated carbocycles. The Kier molecular flexibility index (Phi) is 7.10. The number of hydrogen-bond donors (Lipinski definition) is 1. The van der Waals surface area contributed by atoms with Crippen LogP contribution < -0.4 is 5.73 Å². The number of anilines is 1. The molecule has 3 rings (SSSR count). The normalized spacial score (nSPS) is 12.7. The Bertz CT molecular complexity index is 532. The second-order valence-electron chi connectivity index (χ2n) is 4.17. The van der Waals surface area contributed by atoms with Gasteiger partial charge < -0.3 is 16.7 Å². The molecule has 0 amide bonds. The van der Waals surface area contributed by atoms with Crippen molar-refractivity contribution in [2.75, 3.05) is 5.73 Å². The van der Waals surface area contributed by atoms with E-state index >= 15 is 0 Å². The van der Waals surface area contributed by atoms with Gasteiger partial charge in [0.2, 0.25) is 0 Å². The van der Waals surface area contributed by atoms with Crippen LogP contribution in [-0.4, -0.2) is 53.7 Å². The van der Waals surface area contributed by atoms with Crippen molar-refractivity contribution < 1.29 is 11.0 Å². The number of fused-ring (bicyclic) bond motifs is 2. The SMILES string of the molecule is Nc1c2c(nc3ccccc13)CCCC2.O.O.[CaH2]. The van der Waals surface area contributed by atoms with Crippen molar-refractivity contribution in [1.29, 1.82) is 0 Å². The molecule has 0 aliphatic heterocycles. The minimum absolute atomic E-state index is 0. The van der Waals surface area contributed by atoms with Crippen molar-refractivity contribution in [2.45, 2.75) is 25.7 Å². The Morgan fingerprint density at radius 1 is 1.00 bits per heavy atom. The predicted octanol–water partition coefficient (Wildman–Crippen LogP) is 0.130. The standard InChI is InChI=1S/C13H14N2.Ca.2H2O.2H/c14-13-9-5-1-3-7-11(9)15-12-8-4-2-6-10(12)13;;;;;/h1,3,5,7H,2,4,6,8H2,(H2,14,15);;2*1H2;;. The van der Waals surface area contributed by atoms with Gasteiger partial charge in [-0.15, -0.1) is 0 Å². The zero-order valence-electron chi connectivity index (χ0n) is 9.66. The molecule has 5 heteroatoms. The van der Waals surface area contributed by atoms with E-state index in [1.165, 1.54) is 24.1 Å². The molecule has 0 bridgehead atoms. The third kappa shape index (κ3) is 2.95. The van der Waals surface area contributed by atoms with Gasteiger partial charge in [0.25, 0.3) is 0 Å². The fraction of sp³-hybridized carbons (Fsp3) is 0.308. The van der Waals surface area contributed by atoms with Crippen molar-refractivity contribution >= 4 is 54.3 Å². The van der Waals surface area contributed by atoms with Gasteiger partial charge >= 0.3 is 37.7 Å². The topological polar surface area (TPSA) is 102 Å². The Labute approximate surface area is 136 Å². The fourth-order valence-corrected chi connectivity index (χ4v) is 2.41. The Morgan fingerprint density at radius 3 is 2.44 bits per heavy atom. The van der Waals surface area contributed by atoms with E-state index in [9.17, 15) is 0 Å². The van der Waals surface area contributed by atoms with Crippen molar-refractivity contribution in [3.05, 3.63) is 35.5 Å². The zero-order chi connectivity index (χ0) is 10.3. The van der Waals surface area contributed by atoms with Crippen LogP contribution in [0.4, 0.5) is 5.69 Å². The fourth-order valence-electron chi connectivity index (χ4n) is 2.41. The summed E-state index contributed by atoms with van der Waals surface area (Å²) in [5, 5.41) is 1.11. The van der Waals surface area contributed by atoms with E-state index < -0.39 is 0 Å². The molecule has 4 nitrogen and oxygen atoms in total. The molecule has 18 heavy (non-hydrogen) atoms. The number of benzene rings is 1. The van der Waals surface area contributed by atoms with Crippen molar-refractivity contribution in [3.8, 4) is 0 Å². The first-order valence-electron chi connectivity index (χ1n) is 5.52. The van der Waals surface area contributed by atoms with E-state index in [4.69, 9.17) is 10.7 Å². The van der Waals surface area contributed by atoms with Crippen LogP contribution in [-0.2, 0) is 12.8 Å². The molecule has 1 aromatic heterocycles. The van der Waals surface area contributed by atoms with Crippen LogP contribution in [0.25, 0.3) is 10.9 Å². The van der Waals surface area contributed by atoms with Gasteiger partial charge in [0.05, 0.1) is 5.52 Å². The Balaban J connectivity index is 0.000000963. The summed E-state index contributed by atoms with van der Waals surface area (Å²) < 4.78 is 0. The van der Waals surface area contributed by atoms with Crippen LogP contribution in [0.15, 0.2) is 24.3 Å².